The Labute approximate surface area is 101 Å². The molecule has 2 aliphatic rings. The van der Waals surface area contributed by atoms with Gasteiger partial charge in [0, 0.05) is 18.3 Å². The van der Waals surface area contributed by atoms with Crippen LogP contribution in [0.4, 0.5) is 5.69 Å². The molecule has 2 atom stereocenters. The van der Waals surface area contributed by atoms with Crippen molar-refractivity contribution in [1.29, 1.82) is 0 Å². The predicted molar refractivity (Wildman–Crippen MR) is 66.4 cm³/mol. The summed E-state index contributed by atoms with van der Waals surface area (Å²) < 4.78 is 0. The molecule has 0 aromatic heterocycles. The van der Waals surface area contributed by atoms with E-state index in [2.05, 4.69) is 30.0 Å². The first-order chi connectivity index (χ1) is 8.16. The fraction of sp³-hybridized carbons (Fsp3) is 0.500. The monoisotopic (exact) mass is 231 g/mol. The van der Waals surface area contributed by atoms with Crippen molar-refractivity contribution in [2.45, 2.75) is 32.2 Å². The zero-order valence-electron chi connectivity index (χ0n) is 10.0. The Morgan fingerprint density at radius 2 is 2.24 bits per heavy atom. The van der Waals surface area contributed by atoms with E-state index in [1.54, 1.807) is 0 Å². The Morgan fingerprint density at radius 1 is 1.41 bits per heavy atom. The van der Waals surface area contributed by atoms with E-state index in [0.717, 1.165) is 25.8 Å². The van der Waals surface area contributed by atoms with Gasteiger partial charge in [0.2, 0.25) is 0 Å². The van der Waals surface area contributed by atoms with Gasteiger partial charge in [0.25, 0.3) is 0 Å². The summed E-state index contributed by atoms with van der Waals surface area (Å²) >= 11 is 0. The zero-order valence-corrected chi connectivity index (χ0v) is 10.0. The molecule has 2 heterocycles. The van der Waals surface area contributed by atoms with E-state index >= 15 is 0 Å². The van der Waals surface area contributed by atoms with Crippen LogP contribution < -0.4 is 4.90 Å². The molecule has 0 spiro atoms. The largest absolute Gasteiger partial charge is 0.481 e. The first-order valence-corrected chi connectivity index (χ1v) is 6.26. The third kappa shape index (κ3) is 1.61. The van der Waals surface area contributed by atoms with Gasteiger partial charge in [-0.2, -0.15) is 0 Å². The van der Waals surface area contributed by atoms with Crippen LogP contribution in [0.3, 0.4) is 0 Å². The Hall–Kier alpha value is -1.51. The third-order valence-corrected chi connectivity index (χ3v) is 4.12. The number of aryl methyl sites for hydroxylation is 2. The molecule has 1 saturated heterocycles. The van der Waals surface area contributed by atoms with Gasteiger partial charge in [-0.25, -0.2) is 0 Å². The fourth-order valence-corrected chi connectivity index (χ4v) is 3.25. The lowest BCUT2D eigenvalue weighted by molar-refractivity contribution is -0.141. The van der Waals surface area contributed by atoms with Gasteiger partial charge >= 0.3 is 5.97 Å². The third-order valence-electron chi connectivity index (χ3n) is 4.12. The maximum Gasteiger partial charge on any atom is 0.308 e. The Bertz CT molecular complexity index is 469. The van der Waals surface area contributed by atoms with Crippen LogP contribution in [-0.2, 0) is 11.2 Å². The quantitative estimate of drug-likeness (QED) is 0.805. The number of rotatable bonds is 1. The van der Waals surface area contributed by atoms with Crippen LogP contribution in [-0.4, -0.2) is 23.7 Å². The lowest BCUT2D eigenvalue weighted by atomic mass is 9.90. The van der Waals surface area contributed by atoms with Crippen molar-refractivity contribution >= 4 is 11.7 Å². The van der Waals surface area contributed by atoms with Gasteiger partial charge in [-0.1, -0.05) is 12.1 Å². The molecule has 3 rings (SSSR count). The van der Waals surface area contributed by atoms with Crippen LogP contribution >= 0.6 is 0 Å². The Balaban J connectivity index is 1.98. The molecule has 1 aromatic rings. The molecule has 3 heteroatoms. The summed E-state index contributed by atoms with van der Waals surface area (Å²) in [6, 6.07) is 6.74. The number of nitrogens with zero attached hydrogens (tertiary/aromatic N) is 1. The van der Waals surface area contributed by atoms with Gasteiger partial charge in [0.05, 0.1) is 5.92 Å². The van der Waals surface area contributed by atoms with Gasteiger partial charge in [-0.15, -0.1) is 0 Å². The molecule has 17 heavy (non-hydrogen) atoms. The molecule has 3 nitrogen and oxygen atoms in total. The number of hydrogen-bond donors (Lipinski definition) is 1. The van der Waals surface area contributed by atoms with Crippen molar-refractivity contribution in [3.05, 3.63) is 29.3 Å². The molecule has 2 aliphatic heterocycles. The molecule has 0 aliphatic carbocycles. The smallest absolute Gasteiger partial charge is 0.308 e. The highest BCUT2D eigenvalue weighted by Crippen LogP contribution is 2.39. The predicted octanol–water partition coefficient (Wildman–Crippen LogP) is 2.22. The fourth-order valence-electron chi connectivity index (χ4n) is 3.25. The van der Waals surface area contributed by atoms with Gasteiger partial charge in [0.15, 0.2) is 0 Å². The van der Waals surface area contributed by atoms with Crippen molar-refractivity contribution in [3.8, 4) is 0 Å². The summed E-state index contributed by atoms with van der Waals surface area (Å²) in [4.78, 5) is 13.5. The molecule has 1 aromatic carbocycles. The summed E-state index contributed by atoms with van der Waals surface area (Å²) in [7, 11) is 0. The Kier molecular flexibility index (Phi) is 2.35. The van der Waals surface area contributed by atoms with Crippen LogP contribution in [0.2, 0.25) is 0 Å². The lowest BCUT2D eigenvalue weighted by Gasteiger charge is -2.35. The second-order valence-corrected chi connectivity index (χ2v) is 5.16. The van der Waals surface area contributed by atoms with Crippen molar-refractivity contribution in [2.24, 2.45) is 5.92 Å². The molecule has 0 saturated carbocycles. The van der Waals surface area contributed by atoms with Crippen LogP contribution in [0.5, 0.6) is 0 Å². The van der Waals surface area contributed by atoms with Crippen LogP contribution in [0.25, 0.3) is 0 Å². The highest BCUT2D eigenvalue weighted by Gasteiger charge is 2.41. The van der Waals surface area contributed by atoms with E-state index in [1.165, 1.54) is 16.8 Å². The van der Waals surface area contributed by atoms with Crippen molar-refractivity contribution in [3.63, 3.8) is 0 Å². The normalized spacial score (nSPS) is 26.5. The van der Waals surface area contributed by atoms with Gasteiger partial charge in [-0.3, -0.25) is 4.79 Å². The van der Waals surface area contributed by atoms with E-state index in [1.807, 2.05) is 0 Å². The average Bonchev–Trinajstić information content (AvgIpc) is 2.72. The lowest BCUT2D eigenvalue weighted by Crippen LogP contribution is -2.39. The van der Waals surface area contributed by atoms with E-state index in [4.69, 9.17) is 0 Å². The summed E-state index contributed by atoms with van der Waals surface area (Å²) in [5.74, 6) is -0.808. The number of carboxylic acid groups (broad SMARTS) is 1. The van der Waals surface area contributed by atoms with Gasteiger partial charge in [0.1, 0.15) is 0 Å². The SMILES string of the molecule is Cc1ccc2c(c1)N1CCC(C(=O)O)C1CC2. The molecular formula is C14H17NO2. The molecular weight excluding hydrogens is 214 g/mol. The number of hydrogen-bond acceptors (Lipinski definition) is 2. The maximum absolute atomic E-state index is 11.2. The van der Waals surface area contributed by atoms with E-state index < -0.39 is 5.97 Å². The zero-order chi connectivity index (χ0) is 12.0. The maximum atomic E-state index is 11.2. The number of carbonyl (C=O) groups is 1. The summed E-state index contributed by atoms with van der Waals surface area (Å²) in [5, 5.41) is 9.23. The molecule has 0 radical (unpaired) electrons. The molecule has 90 valence electrons. The van der Waals surface area contributed by atoms with Gasteiger partial charge in [-0.05, 0) is 43.4 Å². The summed E-state index contributed by atoms with van der Waals surface area (Å²) in [5.41, 5.74) is 3.89. The molecule has 2 unspecified atom stereocenters. The van der Waals surface area contributed by atoms with E-state index in [9.17, 15) is 9.90 Å². The summed E-state index contributed by atoms with van der Waals surface area (Å²) in [6.07, 6.45) is 2.78. The molecule has 0 bridgehead atoms. The second-order valence-electron chi connectivity index (χ2n) is 5.16. The van der Waals surface area contributed by atoms with Crippen LogP contribution in [0.1, 0.15) is 24.0 Å². The second kappa shape index (κ2) is 3.76. The highest BCUT2D eigenvalue weighted by atomic mass is 16.4. The van der Waals surface area contributed by atoms with Crippen molar-refractivity contribution in [1.82, 2.24) is 0 Å². The first-order valence-electron chi connectivity index (χ1n) is 6.26. The Morgan fingerprint density at radius 3 is 3.00 bits per heavy atom. The van der Waals surface area contributed by atoms with Gasteiger partial charge < -0.3 is 10.0 Å². The number of benzene rings is 1. The van der Waals surface area contributed by atoms with Crippen molar-refractivity contribution in [2.75, 3.05) is 11.4 Å². The molecule has 1 fully saturated rings. The average molecular weight is 231 g/mol. The minimum absolute atomic E-state index is 0.177. The first kappa shape index (κ1) is 10.6. The van der Waals surface area contributed by atoms with Crippen LogP contribution in [0, 0.1) is 12.8 Å². The van der Waals surface area contributed by atoms with E-state index in [-0.39, 0.29) is 12.0 Å². The standard InChI is InChI=1S/C14H17NO2/c1-9-2-3-10-4-5-12-11(14(16)17)6-7-15(12)13(10)8-9/h2-3,8,11-12H,4-7H2,1H3,(H,16,17). The number of fused-ring (bicyclic) bond motifs is 3. The minimum Gasteiger partial charge on any atom is -0.481 e. The molecule has 1 N–H and O–H groups in total. The molecule has 0 amide bonds. The minimum atomic E-state index is -0.631. The number of aliphatic carboxylic acids is 1. The van der Waals surface area contributed by atoms with Crippen molar-refractivity contribution < 1.29 is 9.90 Å². The van der Waals surface area contributed by atoms with E-state index in [0.29, 0.717) is 0 Å². The number of carboxylic acids is 1. The highest BCUT2D eigenvalue weighted by molar-refractivity contribution is 5.74. The topological polar surface area (TPSA) is 40.5 Å². The summed E-state index contributed by atoms with van der Waals surface area (Å²) in [6.45, 7) is 2.98. The van der Waals surface area contributed by atoms with Crippen LogP contribution in [0.15, 0.2) is 18.2 Å². The number of anilines is 1.